The number of ether oxygens (including phenoxy) is 1. The van der Waals surface area contributed by atoms with Crippen LogP contribution in [0.25, 0.3) is 0 Å². The maximum Gasteiger partial charge on any atom is 0.350 e. The van der Waals surface area contributed by atoms with E-state index in [2.05, 4.69) is 15.6 Å². The summed E-state index contributed by atoms with van der Waals surface area (Å²) in [6.07, 6.45) is 0. The number of nitrogens with one attached hydrogen (secondary N) is 2. The fourth-order valence-corrected chi connectivity index (χ4v) is 2.57. The molecule has 0 fully saturated rings. The Hall–Kier alpha value is -1.63. The van der Waals surface area contributed by atoms with Gasteiger partial charge in [-0.3, -0.25) is 4.79 Å². The smallest absolute Gasteiger partial charge is 0.350 e. The summed E-state index contributed by atoms with van der Waals surface area (Å²) in [5, 5.41) is 6.24. The molecule has 0 aliphatic heterocycles. The highest BCUT2D eigenvalue weighted by atomic mass is 32.1. The quantitative estimate of drug-likeness (QED) is 0.783. The van der Waals surface area contributed by atoms with Gasteiger partial charge in [-0.1, -0.05) is 25.2 Å². The molecule has 0 aliphatic rings. The molecule has 1 heterocycles. The van der Waals surface area contributed by atoms with Gasteiger partial charge in [-0.05, 0) is 19.8 Å². The van der Waals surface area contributed by atoms with Crippen molar-refractivity contribution >= 4 is 28.3 Å². The first-order chi connectivity index (χ1) is 9.40. The van der Waals surface area contributed by atoms with Crippen molar-refractivity contribution < 1.29 is 14.3 Å². The number of likely N-dealkylation sites (N-methyl/N-ethyl adjacent to an activating group) is 1. The van der Waals surface area contributed by atoms with Crippen LogP contribution in [0, 0.1) is 12.8 Å². The van der Waals surface area contributed by atoms with E-state index >= 15 is 0 Å². The van der Waals surface area contributed by atoms with Crippen molar-refractivity contribution in [2.24, 2.45) is 5.92 Å². The monoisotopic (exact) mass is 299 g/mol. The number of hydrogen-bond acceptors (Lipinski definition) is 6. The van der Waals surface area contributed by atoms with Crippen LogP contribution >= 0.6 is 11.3 Å². The maximum absolute atomic E-state index is 11.8. The first-order valence-corrected chi connectivity index (χ1v) is 7.35. The molecule has 7 heteroatoms. The van der Waals surface area contributed by atoms with E-state index < -0.39 is 0 Å². The summed E-state index contributed by atoms with van der Waals surface area (Å²) in [7, 11) is 1.59. The third kappa shape index (κ3) is 3.93. The lowest BCUT2D eigenvalue weighted by Crippen LogP contribution is -2.41. The van der Waals surface area contributed by atoms with Gasteiger partial charge in [0.15, 0.2) is 5.13 Å². The number of hydrogen-bond donors (Lipinski definition) is 2. The molecule has 1 aromatic rings. The molecule has 20 heavy (non-hydrogen) atoms. The standard InChI is InChI=1S/C13H21N3O3S/c1-6-19-12(18)10-8(4)15-13(20-10)16-9(7(2)3)11(17)14-5/h7,9H,6H2,1-5H3,(H,14,17)(H,15,16). The van der Waals surface area contributed by atoms with E-state index in [0.29, 0.717) is 22.3 Å². The van der Waals surface area contributed by atoms with Crippen molar-refractivity contribution in [2.75, 3.05) is 19.0 Å². The summed E-state index contributed by atoms with van der Waals surface area (Å²) >= 11 is 1.20. The van der Waals surface area contributed by atoms with E-state index in [9.17, 15) is 9.59 Å². The average molecular weight is 299 g/mol. The molecule has 0 spiro atoms. The molecule has 6 nitrogen and oxygen atoms in total. The predicted molar refractivity (Wildman–Crippen MR) is 79.1 cm³/mol. The highest BCUT2D eigenvalue weighted by Crippen LogP contribution is 2.25. The summed E-state index contributed by atoms with van der Waals surface area (Å²) in [5.74, 6) is -0.382. The van der Waals surface area contributed by atoms with Crippen LogP contribution in [0.4, 0.5) is 5.13 Å². The highest BCUT2D eigenvalue weighted by Gasteiger charge is 2.24. The molecule has 0 saturated heterocycles. The van der Waals surface area contributed by atoms with Crippen LogP contribution in [0.2, 0.25) is 0 Å². The van der Waals surface area contributed by atoms with E-state index in [-0.39, 0.29) is 23.8 Å². The second-order valence-electron chi connectivity index (χ2n) is 4.63. The van der Waals surface area contributed by atoms with Crippen molar-refractivity contribution in [2.45, 2.75) is 33.7 Å². The largest absolute Gasteiger partial charge is 0.462 e. The average Bonchev–Trinajstić information content (AvgIpc) is 2.76. The number of carbonyl (C=O) groups is 2. The van der Waals surface area contributed by atoms with Crippen LogP contribution in [-0.2, 0) is 9.53 Å². The molecule has 0 bridgehead atoms. The minimum atomic E-state index is -0.388. The van der Waals surface area contributed by atoms with Gasteiger partial charge in [0.05, 0.1) is 12.3 Å². The van der Waals surface area contributed by atoms with Gasteiger partial charge in [0, 0.05) is 7.05 Å². The molecule has 0 aliphatic carbocycles. The molecule has 2 N–H and O–H groups in total. The molecule has 1 atom stereocenters. The zero-order valence-electron chi connectivity index (χ0n) is 12.4. The number of carbonyl (C=O) groups excluding carboxylic acids is 2. The maximum atomic E-state index is 11.8. The Labute approximate surface area is 122 Å². The normalized spacial score (nSPS) is 12.1. The van der Waals surface area contributed by atoms with E-state index in [1.54, 1.807) is 20.9 Å². The fraction of sp³-hybridized carbons (Fsp3) is 0.615. The summed E-state index contributed by atoms with van der Waals surface area (Å²) in [6.45, 7) is 7.72. The van der Waals surface area contributed by atoms with E-state index in [0.717, 1.165) is 0 Å². The number of aryl methyl sites for hydroxylation is 1. The minimum absolute atomic E-state index is 0.102. The number of thiazole rings is 1. The van der Waals surface area contributed by atoms with Gasteiger partial charge in [0.2, 0.25) is 5.91 Å². The molecule has 0 radical (unpaired) electrons. The van der Waals surface area contributed by atoms with Crippen LogP contribution in [-0.4, -0.2) is 36.6 Å². The van der Waals surface area contributed by atoms with E-state index in [1.807, 2.05) is 13.8 Å². The summed E-state index contributed by atoms with van der Waals surface area (Å²) in [4.78, 5) is 28.3. The Bertz CT molecular complexity index is 485. The van der Waals surface area contributed by atoms with Crippen LogP contribution in [0.1, 0.15) is 36.1 Å². The third-order valence-corrected chi connectivity index (χ3v) is 3.80. The highest BCUT2D eigenvalue weighted by molar-refractivity contribution is 7.17. The second-order valence-corrected chi connectivity index (χ2v) is 5.63. The number of amides is 1. The Morgan fingerprint density at radius 3 is 2.55 bits per heavy atom. The van der Waals surface area contributed by atoms with Crippen molar-refractivity contribution in [3.05, 3.63) is 10.6 Å². The van der Waals surface area contributed by atoms with E-state index in [4.69, 9.17) is 4.74 Å². The molecular weight excluding hydrogens is 278 g/mol. The van der Waals surface area contributed by atoms with Crippen molar-refractivity contribution in [1.29, 1.82) is 0 Å². The Kier molecular flexibility index (Phi) is 5.94. The molecule has 1 aromatic heterocycles. The molecule has 1 unspecified atom stereocenters. The number of nitrogens with zero attached hydrogens (tertiary/aromatic N) is 1. The number of anilines is 1. The van der Waals surface area contributed by atoms with Crippen molar-refractivity contribution in [1.82, 2.24) is 10.3 Å². The molecule has 1 rings (SSSR count). The van der Waals surface area contributed by atoms with Crippen molar-refractivity contribution in [3.63, 3.8) is 0 Å². The third-order valence-electron chi connectivity index (χ3n) is 2.73. The van der Waals surface area contributed by atoms with Crippen LogP contribution in [0.5, 0.6) is 0 Å². The number of esters is 1. The number of rotatable bonds is 6. The van der Waals surface area contributed by atoms with Gasteiger partial charge in [0.25, 0.3) is 0 Å². The number of aromatic nitrogens is 1. The van der Waals surface area contributed by atoms with Crippen LogP contribution in [0.3, 0.4) is 0 Å². The second kappa shape index (κ2) is 7.23. The Morgan fingerprint density at radius 2 is 2.05 bits per heavy atom. The zero-order valence-corrected chi connectivity index (χ0v) is 13.3. The van der Waals surface area contributed by atoms with Gasteiger partial charge in [-0.25, -0.2) is 9.78 Å². The van der Waals surface area contributed by atoms with Gasteiger partial charge >= 0.3 is 5.97 Å². The van der Waals surface area contributed by atoms with Crippen molar-refractivity contribution in [3.8, 4) is 0 Å². The molecule has 0 saturated carbocycles. The molecule has 112 valence electrons. The zero-order chi connectivity index (χ0) is 15.3. The van der Waals surface area contributed by atoms with E-state index in [1.165, 1.54) is 11.3 Å². The lowest BCUT2D eigenvalue weighted by molar-refractivity contribution is -0.122. The summed E-state index contributed by atoms with van der Waals surface area (Å²) < 4.78 is 4.97. The first kappa shape index (κ1) is 16.4. The summed E-state index contributed by atoms with van der Waals surface area (Å²) in [5.41, 5.74) is 0.607. The Balaban J connectivity index is 2.90. The fourth-order valence-electron chi connectivity index (χ4n) is 1.67. The lowest BCUT2D eigenvalue weighted by Gasteiger charge is -2.19. The van der Waals surface area contributed by atoms with Gasteiger partial charge in [0.1, 0.15) is 10.9 Å². The first-order valence-electron chi connectivity index (χ1n) is 6.53. The van der Waals surface area contributed by atoms with Crippen LogP contribution < -0.4 is 10.6 Å². The summed E-state index contributed by atoms with van der Waals surface area (Å²) in [6, 6.07) is -0.388. The SMILES string of the molecule is CCOC(=O)c1sc(NC(C(=O)NC)C(C)C)nc1C. The Morgan fingerprint density at radius 1 is 1.40 bits per heavy atom. The van der Waals surface area contributed by atoms with Gasteiger partial charge < -0.3 is 15.4 Å². The van der Waals surface area contributed by atoms with Crippen LogP contribution in [0.15, 0.2) is 0 Å². The van der Waals surface area contributed by atoms with Gasteiger partial charge in [-0.15, -0.1) is 0 Å². The minimum Gasteiger partial charge on any atom is -0.462 e. The molecular formula is C13H21N3O3S. The lowest BCUT2D eigenvalue weighted by atomic mass is 10.0. The topological polar surface area (TPSA) is 80.3 Å². The van der Waals surface area contributed by atoms with Gasteiger partial charge in [-0.2, -0.15) is 0 Å². The molecule has 1 amide bonds. The predicted octanol–water partition coefficient (Wildman–Crippen LogP) is 1.81. The molecule has 0 aromatic carbocycles.